The molecule has 3 rings (SSSR count). The number of sulfonamides is 1. The Morgan fingerprint density at radius 2 is 1.68 bits per heavy atom. The van der Waals surface area contributed by atoms with E-state index < -0.39 is 10.0 Å². The van der Waals surface area contributed by atoms with Crippen molar-refractivity contribution in [3.05, 3.63) is 18.2 Å². The van der Waals surface area contributed by atoms with Crippen molar-refractivity contribution in [2.45, 2.75) is 36.2 Å². The van der Waals surface area contributed by atoms with E-state index in [9.17, 15) is 8.42 Å². The van der Waals surface area contributed by atoms with Crippen LogP contribution in [0.25, 0.3) is 0 Å². The van der Waals surface area contributed by atoms with Gasteiger partial charge in [-0.3, -0.25) is 0 Å². The summed E-state index contributed by atoms with van der Waals surface area (Å²) in [5, 5.41) is 3.32. The third-order valence-corrected chi connectivity index (χ3v) is 6.47. The zero-order valence-corrected chi connectivity index (χ0v) is 13.7. The van der Waals surface area contributed by atoms with Crippen LogP contribution in [0.1, 0.15) is 19.3 Å². The highest BCUT2D eigenvalue weighted by Crippen LogP contribution is 2.35. The van der Waals surface area contributed by atoms with E-state index in [1.54, 1.807) is 22.5 Å². The van der Waals surface area contributed by atoms with Crippen LogP contribution >= 0.6 is 0 Å². The molecule has 0 aliphatic carbocycles. The Hall–Kier alpha value is -1.31. The first-order valence-electron chi connectivity index (χ1n) is 7.53. The Morgan fingerprint density at radius 3 is 2.32 bits per heavy atom. The maximum absolute atomic E-state index is 13.1. The molecule has 2 atom stereocenters. The Balaban J connectivity index is 2.02. The molecule has 2 unspecified atom stereocenters. The predicted molar refractivity (Wildman–Crippen MR) is 82.9 cm³/mol. The number of methoxy groups -OCH3 is 2. The van der Waals surface area contributed by atoms with Crippen molar-refractivity contribution in [3.8, 4) is 11.5 Å². The highest BCUT2D eigenvalue weighted by Gasteiger charge is 2.43. The fourth-order valence-corrected chi connectivity index (χ4v) is 5.33. The average molecular weight is 326 g/mol. The van der Waals surface area contributed by atoms with Crippen LogP contribution in [-0.4, -0.2) is 52.1 Å². The maximum Gasteiger partial charge on any atom is 0.243 e. The lowest BCUT2D eigenvalue weighted by Crippen LogP contribution is -2.42. The normalized spacial score (nSPS) is 25.7. The second-order valence-corrected chi connectivity index (χ2v) is 7.60. The van der Waals surface area contributed by atoms with E-state index in [4.69, 9.17) is 9.47 Å². The lowest BCUT2D eigenvalue weighted by molar-refractivity contribution is 0.333. The maximum atomic E-state index is 13.1. The van der Waals surface area contributed by atoms with E-state index in [-0.39, 0.29) is 17.0 Å². The van der Waals surface area contributed by atoms with Gasteiger partial charge in [-0.1, -0.05) is 0 Å². The van der Waals surface area contributed by atoms with Gasteiger partial charge in [0, 0.05) is 36.8 Å². The molecule has 122 valence electrons. The summed E-state index contributed by atoms with van der Waals surface area (Å²) in [5.41, 5.74) is 0. The largest absolute Gasteiger partial charge is 0.497 e. The van der Waals surface area contributed by atoms with Gasteiger partial charge in [0.2, 0.25) is 10.0 Å². The molecule has 1 aromatic carbocycles. The van der Waals surface area contributed by atoms with Gasteiger partial charge < -0.3 is 14.8 Å². The Labute approximate surface area is 131 Å². The molecule has 1 aromatic rings. The minimum atomic E-state index is -3.55. The summed E-state index contributed by atoms with van der Waals surface area (Å²) >= 11 is 0. The minimum Gasteiger partial charge on any atom is -0.497 e. The van der Waals surface area contributed by atoms with Gasteiger partial charge in [-0.2, -0.15) is 4.31 Å². The van der Waals surface area contributed by atoms with Crippen molar-refractivity contribution in [2.24, 2.45) is 0 Å². The summed E-state index contributed by atoms with van der Waals surface area (Å²) in [6, 6.07) is 4.93. The number of nitrogens with zero attached hydrogens (tertiary/aromatic N) is 1. The third kappa shape index (κ3) is 2.68. The van der Waals surface area contributed by atoms with E-state index in [0.29, 0.717) is 11.5 Å². The van der Waals surface area contributed by atoms with Crippen LogP contribution in [0.15, 0.2) is 23.1 Å². The van der Waals surface area contributed by atoms with Crippen molar-refractivity contribution in [2.75, 3.05) is 27.3 Å². The van der Waals surface area contributed by atoms with Gasteiger partial charge in [0.1, 0.15) is 11.5 Å². The van der Waals surface area contributed by atoms with Crippen LogP contribution in [0.3, 0.4) is 0 Å². The number of rotatable bonds is 4. The minimum absolute atomic E-state index is 0.0368. The molecule has 1 N–H and O–H groups in total. The van der Waals surface area contributed by atoms with Crippen molar-refractivity contribution in [3.63, 3.8) is 0 Å². The lowest BCUT2D eigenvalue weighted by Gasteiger charge is -2.27. The number of hydrogen-bond acceptors (Lipinski definition) is 5. The summed E-state index contributed by atoms with van der Waals surface area (Å²) in [4.78, 5) is 0.238. The van der Waals surface area contributed by atoms with Crippen LogP contribution in [0, 0.1) is 0 Å². The molecule has 2 bridgehead atoms. The number of benzene rings is 1. The number of ether oxygens (including phenoxy) is 2. The number of nitrogens with one attached hydrogen (secondary N) is 1. The number of fused-ring (bicyclic) bond motifs is 2. The molecule has 0 spiro atoms. The zero-order chi connectivity index (χ0) is 15.7. The molecule has 0 aromatic heterocycles. The average Bonchev–Trinajstić information content (AvgIpc) is 2.80. The van der Waals surface area contributed by atoms with Crippen molar-refractivity contribution < 1.29 is 17.9 Å². The van der Waals surface area contributed by atoms with Crippen molar-refractivity contribution in [1.82, 2.24) is 9.62 Å². The van der Waals surface area contributed by atoms with Crippen LogP contribution in [0.5, 0.6) is 11.5 Å². The second kappa shape index (κ2) is 6.06. The van der Waals surface area contributed by atoms with Gasteiger partial charge in [-0.05, 0) is 25.8 Å². The van der Waals surface area contributed by atoms with Crippen LogP contribution < -0.4 is 14.8 Å². The van der Waals surface area contributed by atoms with Crippen LogP contribution in [0.2, 0.25) is 0 Å². The monoisotopic (exact) mass is 326 g/mol. The first-order valence-corrected chi connectivity index (χ1v) is 8.97. The van der Waals surface area contributed by atoms with Gasteiger partial charge in [-0.25, -0.2) is 8.42 Å². The van der Waals surface area contributed by atoms with Gasteiger partial charge in [0.05, 0.1) is 19.1 Å². The Kier molecular flexibility index (Phi) is 4.29. The molecular weight excluding hydrogens is 304 g/mol. The molecule has 2 heterocycles. The van der Waals surface area contributed by atoms with E-state index in [0.717, 1.165) is 32.4 Å². The molecule has 0 saturated carbocycles. The SMILES string of the molecule is COc1cc(OC)cc(S(=O)(=O)N2C3CCNCC2CC3)c1. The van der Waals surface area contributed by atoms with Crippen molar-refractivity contribution >= 4 is 10.0 Å². The quantitative estimate of drug-likeness (QED) is 0.901. The van der Waals surface area contributed by atoms with E-state index in [1.165, 1.54) is 14.2 Å². The smallest absolute Gasteiger partial charge is 0.243 e. The van der Waals surface area contributed by atoms with E-state index in [2.05, 4.69) is 5.32 Å². The topological polar surface area (TPSA) is 67.9 Å². The fourth-order valence-electron chi connectivity index (χ4n) is 3.38. The first kappa shape index (κ1) is 15.6. The summed E-state index contributed by atoms with van der Waals surface area (Å²) < 4.78 is 38.3. The molecule has 2 aliphatic rings. The summed E-state index contributed by atoms with van der Waals surface area (Å²) in [5.74, 6) is 0.969. The molecule has 6 nitrogen and oxygen atoms in total. The van der Waals surface area contributed by atoms with Crippen molar-refractivity contribution in [1.29, 1.82) is 0 Å². The molecule has 2 fully saturated rings. The Bertz CT molecular complexity index is 611. The lowest BCUT2D eigenvalue weighted by atomic mass is 10.1. The molecule has 22 heavy (non-hydrogen) atoms. The van der Waals surface area contributed by atoms with Gasteiger partial charge in [-0.15, -0.1) is 0 Å². The second-order valence-electron chi connectivity index (χ2n) is 5.76. The van der Waals surface area contributed by atoms with Gasteiger partial charge >= 0.3 is 0 Å². The van der Waals surface area contributed by atoms with Gasteiger partial charge in [0.15, 0.2) is 0 Å². The van der Waals surface area contributed by atoms with E-state index in [1.807, 2.05) is 0 Å². The summed E-state index contributed by atoms with van der Waals surface area (Å²) in [6.07, 6.45) is 2.71. The standard InChI is InChI=1S/C15H22N2O4S/c1-20-13-7-14(21-2)9-15(8-13)22(18,19)17-11-3-4-12(17)10-16-6-5-11/h7-9,11-12,16H,3-6,10H2,1-2H3. The summed E-state index contributed by atoms with van der Waals surface area (Å²) in [7, 11) is -0.516. The molecule has 2 saturated heterocycles. The highest BCUT2D eigenvalue weighted by atomic mass is 32.2. The first-order chi connectivity index (χ1) is 10.6. The molecule has 0 radical (unpaired) electrons. The zero-order valence-electron chi connectivity index (χ0n) is 12.9. The molecule has 7 heteroatoms. The summed E-state index contributed by atoms with van der Waals surface area (Å²) in [6.45, 7) is 1.59. The Morgan fingerprint density at radius 1 is 1.05 bits per heavy atom. The van der Waals surface area contributed by atoms with E-state index >= 15 is 0 Å². The van der Waals surface area contributed by atoms with Crippen LogP contribution in [-0.2, 0) is 10.0 Å². The third-order valence-electron chi connectivity index (χ3n) is 4.49. The van der Waals surface area contributed by atoms with Crippen LogP contribution in [0.4, 0.5) is 0 Å². The molecule has 0 amide bonds. The fraction of sp³-hybridized carbons (Fsp3) is 0.600. The predicted octanol–water partition coefficient (Wildman–Crippen LogP) is 1.22. The molecular formula is C15H22N2O4S. The number of hydrogen-bond donors (Lipinski definition) is 1. The highest BCUT2D eigenvalue weighted by molar-refractivity contribution is 7.89. The van der Waals surface area contributed by atoms with Gasteiger partial charge in [0.25, 0.3) is 0 Å². The molecule has 2 aliphatic heterocycles.